The smallest absolute Gasteiger partial charge is 0.160 e. The van der Waals surface area contributed by atoms with E-state index in [0.717, 1.165) is 50.6 Å². The highest BCUT2D eigenvalue weighted by Gasteiger charge is 2.35. The summed E-state index contributed by atoms with van der Waals surface area (Å²) in [6.45, 7) is 4.52. The van der Waals surface area contributed by atoms with Crippen molar-refractivity contribution in [2.75, 3.05) is 0 Å². The molecule has 3 heterocycles. The van der Waals surface area contributed by atoms with Crippen LogP contribution in [0, 0.1) is 0 Å². The van der Waals surface area contributed by atoms with Gasteiger partial charge in [-0.25, -0.2) is 9.97 Å². The molecule has 188 valence electrons. The van der Waals surface area contributed by atoms with E-state index >= 15 is 0 Å². The molecule has 3 nitrogen and oxygen atoms in total. The van der Waals surface area contributed by atoms with Crippen LogP contribution in [0.15, 0.2) is 114 Å². The fourth-order valence-electron chi connectivity index (χ4n) is 6.19. The minimum atomic E-state index is -0.198. The number of para-hydroxylation sites is 2. The molecule has 0 amide bonds. The first kappa shape index (κ1) is 22.8. The number of rotatable bonds is 2. The summed E-state index contributed by atoms with van der Waals surface area (Å²) in [5.74, 6) is 3.00. The van der Waals surface area contributed by atoms with Gasteiger partial charge in [-0.15, -0.1) is 11.8 Å². The van der Waals surface area contributed by atoms with E-state index in [2.05, 4.69) is 105 Å². The quantitative estimate of drug-likeness (QED) is 0.232. The molecule has 0 saturated carbocycles. The molecular weight excluding hydrogens is 496 g/mol. The molecule has 1 aromatic heterocycles. The Morgan fingerprint density at radius 3 is 2.49 bits per heavy atom. The fourth-order valence-corrected chi connectivity index (χ4v) is 7.58. The zero-order valence-electron chi connectivity index (χ0n) is 21.8. The van der Waals surface area contributed by atoms with Crippen molar-refractivity contribution < 1.29 is 4.74 Å². The minimum absolute atomic E-state index is 0.198. The standard InChI is InChI=1S/C35H26N2OS/c1-35(2)26-11-5-7-13-29(26)38-30-18-16-22(19-27(30)35)34-36-28-12-6-3-10-25(28)33(37-34)21-15-17-24-23-9-4-8-14-31(23)39-32(24)20-21/h3-20,23,31H,1-2H3. The lowest BCUT2D eigenvalue weighted by atomic mass is 9.75. The van der Waals surface area contributed by atoms with E-state index in [-0.39, 0.29) is 5.41 Å². The zero-order valence-corrected chi connectivity index (χ0v) is 22.6. The lowest BCUT2D eigenvalue weighted by Crippen LogP contribution is -2.24. The summed E-state index contributed by atoms with van der Waals surface area (Å²) in [6, 6.07) is 29.8. The molecule has 0 radical (unpaired) electrons. The highest BCUT2D eigenvalue weighted by Crippen LogP contribution is 2.50. The number of hydrogen-bond donors (Lipinski definition) is 0. The molecule has 2 unspecified atom stereocenters. The largest absolute Gasteiger partial charge is 0.457 e. The number of allylic oxidation sites excluding steroid dienone is 3. The van der Waals surface area contributed by atoms with Crippen molar-refractivity contribution >= 4 is 22.7 Å². The molecule has 8 rings (SSSR count). The van der Waals surface area contributed by atoms with Crippen molar-refractivity contribution in [3.05, 3.63) is 126 Å². The summed E-state index contributed by atoms with van der Waals surface area (Å²) < 4.78 is 6.30. The summed E-state index contributed by atoms with van der Waals surface area (Å²) in [6.07, 6.45) is 8.96. The molecule has 4 heteroatoms. The van der Waals surface area contributed by atoms with Crippen LogP contribution >= 0.6 is 11.8 Å². The van der Waals surface area contributed by atoms with Crippen LogP contribution in [0.2, 0.25) is 0 Å². The van der Waals surface area contributed by atoms with Gasteiger partial charge in [0.2, 0.25) is 0 Å². The van der Waals surface area contributed by atoms with Gasteiger partial charge in [-0.05, 0) is 42.0 Å². The van der Waals surface area contributed by atoms with Gasteiger partial charge < -0.3 is 4.74 Å². The highest BCUT2D eigenvalue weighted by molar-refractivity contribution is 8.00. The van der Waals surface area contributed by atoms with Gasteiger partial charge in [-0.2, -0.15) is 0 Å². The highest BCUT2D eigenvalue weighted by atomic mass is 32.2. The Morgan fingerprint density at radius 1 is 0.744 bits per heavy atom. The Morgan fingerprint density at radius 2 is 1.54 bits per heavy atom. The van der Waals surface area contributed by atoms with Crippen LogP contribution in [0.4, 0.5) is 0 Å². The maximum absolute atomic E-state index is 6.30. The average molecular weight is 523 g/mol. The molecular formula is C35H26N2OS. The maximum Gasteiger partial charge on any atom is 0.160 e. The summed E-state index contributed by atoms with van der Waals surface area (Å²) in [5.41, 5.74) is 7.59. The number of benzene rings is 4. The second-order valence-corrected chi connectivity index (χ2v) is 12.2. The first-order valence-electron chi connectivity index (χ1n) is 13.4. The summed E-state index contributed by atoms with van der Waals surface area (Å²) in [5, 5.41) is 1.54. The second-order valence-electron chi connectivity index (χ2n) is 11.0. The molecule has 2 aliphatic heterocycles. The SMILES string of the molecule is CC1(C)c2ccccc2Oc2ccc(-c3nc(-c4ccc5c(c4)SC4C=CC=CC54)c4ccccc4n3)cc21. The van der Waals surface area contributed by atoms with E-state index in [4.69, 9.17) is 14.7 Å². The minimum Gasteiger partial charge on any atom is -0.457 e. The van der Waals surface area contributed by atoms with E-state index in [9.17, 15) is 0 Å². The molecule has 4 aromatic carbocycles. The number of aromatic nitrogens is 2. The lowest BCUT2D eigenvalue weighted by molar-refractivity contribution is 0.418. The van der Waals surface area contributed by atoms with Gasteiger partial charge in [0.15, 0.2) is 5.82 Å². The number of fused-ring (bicyclic) bond motifs is 6. The van der Waals surface area contributed by atoms with Crippen LogP contribution in [0.1, 0.15) is 36.5 Å². The van der Waals surface area contributed by atoms with Crippen LogP contribution in [0.3, 0.4) is 0 Å². The van der Waals surface area contributed by atoms with E-state index in [1.807, 2.05) is 30.0 Å². The molecule has 0 N–H and O–H groups in total. The lowest BCUT2D eigenvalue weighted by Gasteiger charge is -2.34. The van der Waals surface area contributed by atoms with Gasteiger partial charge in [0.25, 0.3) is 0 Å². The van der Waals surface area contributed by atoms with Gasteiger partial charge in [0.05, 0.1) is 11.2 Å². The Kier molecular flexibility index (Phi) is 4.92. The van der Waals surface area contributed by atoms with Gasteiger partial charge in [0.1, 0.15) is 11.5 Å². The van der Waals surface area contributed by atoms with Crippen LogP contribution in [-0.4, -0.2) is 15.2 Å². The normalized spacial score (nSPS) is 19.6. The van der Waals surface area contributed by atoms with Crippen molar-refractivity contribution in [1.29, 1.82) is 0 Å². The molecule has 0 fully saturated rings. The maximum atomic E-state index is 6.30. The van der Waals surface area contributed by atoms with Gasteiger partial charge in [0, 0.05) is 49.1 Å². The van der Waals surface area contributed by atoms with Crippen LogP contribution in [0.25, 0.3) is 33.5 Å². The average Bonchev–Trinajstić information content (AvgIpc) is 3.34. The van der Waals surface area contributed by atoms with Crippen LogP contribution < -0.4 is 4.74 Å². The van der Waals surface area contributed by atoms with E-state index in [1.54, 1.807) is 0 Å². The number of nitrogens with zero attached hydrogens (tertiary/aromatic N) is 2. The number of thioether (sulfide) groups is 1. The molecule has 5 aromatic rings. The summed E-state index contributed by atoms with van der Waals surface area (Å²) in [7, 11) is 0. The molecule has 3 aliphatic rings. The second kappa shape index (κ2) is 8.42. The van der Waals surface area contributed by atoms with Gasteiger partial charge in [-0.1, -0.05) is 86.7 Å². The van der Waals surface area contributed by atoms with Crippen LogP contribution in [0.5, 0.6) is 11.5 Å². The van der Waals surface area contributed by atoms with Crippen LogP contribution in [-0.2, 0) is 5.41 Å². The van der Waals surface area contributed by atoms with Gasteiger partial charge in [-0.3, -0.25) is 0 Å². The Labute approximate surface area is 232 Å². The monoisotopic (exact) mass is 522 g/mol. The molecule has 39 heavy (non-hydrogen) atoms. The first-order chi connectivity index (χ1) is 19.1. The first-order valence-corrected chi connectivity index (χ1v) is 14.3. The molecule has 0 saturated heterocycles. The topological polar surface area (TPSA) is 35.0 Å². The predicted octanol–water partition coefficient (Wildman–Crippen LogP) is 9.08. The Hall–Kier alpha value is -4.15. The molecule has 0 bridgehead atoms. The molecule has 0 spiro atoms. The molecule has 1 aliphatic carbocycles. The van der Waals surface area contributed by atoms with Crippen molar-refractivity contribution in [1.82, 2.24) is 9.97 Å². The third-order valence-corrected chi connectivity index (χ3v) is 9.62. The third kappa shape index (κ3) is 3.51. The van der Waals surface area contributed by atoms with Crippen molar-refractivity contribution in [2.45, 2.75) is 35.3 Å². The fraction of sp³-hybridized carbons (Fsp3) is 0.143. The molecule has 2 atom stereocenters. The van der Waals surface area contributed by atoms with E-state index < -0.39 is 0 Å². The zero-order chi connectivity index (χ0) is 26.1. The van der Waals surface area contributed by atoms with Crippen molar-refractivity contribution in [3.8, 4) is 34.1 Å². The van der Waals surface area contributed by atoms with E-state index in [0.29, 0.717) is 11.2 Å². The number of hydrogen-bond acceptors (Lipinski definition) is 4. The Bertz CT molecular complexity index is 1870. The third-order valence-electron chi connectivity index (χ3n) is 8.29. The predicted molar refractivity (Wildman–Crippen MR) is 160 cm³/mol. The summed E-state index contributed by atoms with van der Waals surface area (Å²) >= 11 is 1.95. The van der Waals surface area contributed by atoms with E-state index in [1.165, 1.54) is 16.0 Å². The number of ether oxygens (including phenoxy) is 1. The van der Waals surface area contributed by atoms with Gasteiger partial charge >= 0.3 is 0 Å². The summed E-state index contributed by atoms with van der Waals surface area (Å²) in [4.78, 5) is 11.6. The van der Waals surface area contributed by atoms with Crippen molar-refractivity contribution in [2.24, 2.45) is 0 Å². The van der Waals surface area contributed by atoms with Crippen molar-refractivity contribution in [3.63, 3.8) is 0 Å². The Balaban J connectivity index is 1.26.